The fraction of sp³-hybridized carbons (Fsp3) is 0.533. The van der Waals surface area contributed by atoms with E-state index in [1.807, 2.05) is 0 Å². The van der Waals surface area contributed by atoms with Gasteiger partial charge in [0, 0.05) is 37.0 Å². The van der Waals surface area contributed by atoms with Crippen LogP contribution in [0, 0.1) is 0 Å². The second-order valence-corrected chi connectivity index (χ2v) is 5.39. The number of alkyl halides is 2. The lowest BCUT2D eigenvalue weighted by Gasteiger charge is -2.23. The van der Waals surface area contributed by atoms with E-state index in [-0.39, 0.29) is 6.42 Å². The number of hydrogen-bond acceptors (Lipinski definition) is 2. The number of nitrogens with zero attached hydrogens (tertiary/aromatic N) is 1. The molecule has 0 radical (unpaired) electrons. The molecule has 0 unspecified atom stereocenters. The van der Waals surface area contributed by atoms with Crippen LogP contribution in [0.15, 0.2) is 24.3 Å². The van der Waals surface area contributed by atoms with Gasteiger partial charge in [0.1, 0.15) is 0 Å². The number of rotatable bonds is 10. The molecule has 0 aliphatic rings. The van der Waals surface area contributed by atoms with Crippen molar-refractivity contribution < 1.29 is 9.90 Å². The van der Waals surface area contributed by atoms with Gasteiger partial charge in [-0.3, -0.25) is 4.79 Å². The van der Waals surface area contributed by atoms with Crippen LogP contribution in [0.1, 0.15) is 24.8 Å². The molecule has 1 rings (SSSR count). The summed E-state index contributed by atoms with van der Waals surface area (Å²) in [5.41, 5.74) is 2.36. The van der Waals surface area contributed by atoms with E-state index in [0.29, 0.717) is 11.8 Å². The topological polar surface area (TPSA) is 40.5 Å². The number of aryl methyl sites for hydroxylation is 1. The SMILES string of the molecule is O=C(O)CCCCc1ccc(N(CCCl)CCCl)cc1. The van der Waals surface area contributed by atoms with Gasteiger partial charge in [-0.25, -0.2) is 0 Å². The third-order valence-electron chi connectivity index (χ3n) is 3.12. The van der Waals surface area contributed by atoms with Crippen molar-refractivity contribution in [2.45, 2.75) is 25.7 Å². The lowest BCUT2D eigenvalue weighted by Crippen LogP contribution is -2.27. The third kappa shape index (κ3) is 6.49. The number of halogens is 2. The lowest BCUT2D eigenvalue weighted by atomic mass is 10.1. The summed E-state index contributed by atoms with van der Waals surface area (Å²) >= 11 is 11.6. The van der Waals surface area contributed by atoms with E-state index in [4.69, 9.17) is 28.3 Å². The summed E-state index contributed by atoms with van der Waals surface area (Å²) in [5, 5.41) is 8.58. The van der Waals surface area contributed by atoms with Crippen molar-refractivity contribution in [1.82, 2.24) is 0 Å². The number of benzene rings is 1. The van der Waals surface area contributed by atoms with Gasteiger partial charge >= 0.3 is 5.97 Å². The minimum absolute atomic E-state index is 0.247. The van der Waals surface area contributed by atoms with Gasteiger partial charge in [-0.15, -0.1) is 23.2 Å². The normalized spacial score (nSPS) is 10.5. The lowest BCUT2D eigenvalue weighted by molar-refractivity contribution is -0.137. The van der Waals surface area contributed by atoms with Crippen molar-refractivity contribution >= 4 is 34.9 Å². The Kier molecular flexibility index (Phi) is 8.47. The first-order valence-electron chi connectivity index (χ1n) is 6.85. The molecule has 1 aromatic carbocycles. The molecular weight excluding hydrogens is 297 g/mol. The Balaban J connectivity index is 2.47. The Morgan fingerprint density at radius 1 is 1.05 bits per heavy atom. The standard InChI is InChI=1S/C15H21Cl2NO2/c16-9-11-18(12-10-17)14-7-5-13(6-8-14)3-1-2-4-15(19)20/h5-8H,1-4,9-12H2,(H,19,20). The quantitative estimate of drug-likeness (QED) is 0.527. The monoisotopic (exact) mass is 317 g/mol. The highest BCUT2D eigenvalue weighted by molar-refractivity contribution is 6.18. The minimum Gasteiger partial charge on any atom is -0.481 e. The number of carboxylic acid groups (broad SMARTS) is 1. The Morgan fingerprint density at radius 3 is 2.15 bits per heavy atom. The minimum atomic E-state index is -0.724. The second kappa shape index (κ2) is 9.89. The molecule has 20 heavy (non-hydrogen) atoms. The molecule has 3 nitrogen and oxygen atoms in total. The number of unbranched alkanes of at least 4 members (excludes halogenated alkanes) is 1. The third-order valence-corrected chi connectivity index (χ3v) is 3.45. The average Bonchev–Trinajstić information content (AvgIpc) is 2.44. The molecule has 1 N–H and O–H groups in total. The summed E-state index contributed by atoms with van der Waals surface area (Å²) in [4.78, 5) is 12.6. The molecule has 0 heterocycles. The Labute approximate surface area is 130 Å². The average molecular weight is 318 g/mol. The summed E-state index contributed by atoms with van der Waals surface area (Å²) in [7, 11) is 0. The van der Waals surface area contributed by atoms with Crippen LogP contribution in [0.3, 0.4) is 0 Å². The zero-order valence-electron chi connectivity index (χ0n) is 11.5. The van der Waals surface area contributed by atoms with E-state index in [0.717, 1.165) is 38.0 Å². The summed E-state index contributed by atoms with van der Waals surface area (Å²) in [5.74, 6) is 0.430. The first-order chi connectivity index (χ1) is 9.67. The van der Waals surface area contributed by atoms with Gasteiger partial charge in [0.15, 0.2) is 0 Å². The van der Waals surface area contributed by atoms with Crippen LogP contribution in [0.4, 0.5) is 5.69 Å². The fourth-order valence-electron chi connectivity index (χ4n) is 2.05. The first kappa shape index (κ1) is 17.1. The predicted octanol–water partition coefficient (Wildman–Crippen LogP) is 3.77. The van der Waals surface area contributed by atoms with Gasteiger partial charge in [0.05, 0.1) is 0 Å². The molecule has 0 saturated heterocycles. The van der Waals surface area contributed by atoms with Crippen molar-refractivity contribution in [3.8, 4) is 0 Å². The van der Waals surface area contributed by atoms with E-state index in [1.165, 1.54) is 5.56 Å². The number of anilines is 1. The van der Waals surface area contributed by atoms with Crippen LogP contribution < -0.4 is 4.90 Å². The molecule has 0 atom stereocenters. The summed E-state index contributed by atoms with van der Waals surface area (Å²) in [6.07, 6.45) is 2.79. The molecule has 1 aromatic rings. The molecule has 0 aliphatic carbocycles. The molecule has 0 bridgehead atoms. The van der Waals surface area contributed by atoms with Crippen molar-refractivity contribution in [1.29, 1.82) is 0 Å². The predicted molar refractivity (Wildman–Crippen MR) is 85.3 cm³/mol. The number of aliphatic carboxylic acids is 1. The Hall–Kier alpha value is -0.930. The van der Waals surface area contributed by atoms with Gasteiger partial charge in [-0.05, 0) is 37.0 Å². The van der Waals surface area contributed by atoms with Crippen molar-refractivity contribution in [3.05, 3.63) is 29.8 Å². The highest BCUT2D eigenvalue weighted by atomic mass is 35.5. The van der Waals surface area contributed by atoms with Gasteiger partial charge in [-0.1, -0.05) is 12.1 Å². The molecule has 112 valence electrons. The van der Waals surface area contributed by atoms with E-state index >= 15 is 0 Å². The maximum absolute atomic E-state index is 10.4. The van der Waals surface area contributed by atoms with Crippen LogP contribution in [-0.2, 0) is 11.2 Å². The van der Waals surface area contributed by atoms with Crippen LogP contribution in [-0.4, -0.2) is 35.9 Å². The number of carbonyl (C=O) groups is 1. The highest BCUT2D eigenvalue weighted by Crippen LogP contribution is 2.17. The molecule has 0 spiro atoms. The maximum Gasteiger partial charge on any atom is 0.303 e. The molecule has 0 aliphatic heterocycles. The van der Waals surface area contributed by atoms with Gasteiger partial charge < -0.3 is 10.0 Å². The molecule has 5 heteroatoms. The zero-order chi connectivity index (χ0) is 14.8. The van der Waals surface area contributed by atoms with E-state index < -0.39 is 5.97 Å². The zero-order valence-corrected chi connectivity index (χ0v) is 13.0. The second-order valence-electron chi connectivity index (χ2n) is 4.63. The van der Waals surface area contributed by atoms with Gasteiger partial charge in [0.25, 0.3) is 0 Å². The number of hydrogen-bond donors (Lipinski definition) is 1. The van der Waals surface area contributed by atoms with Crippen LogP contribution in [0.25, 0.3) is 0 Å². The Morgan fingerprint density at radius 2 is 1.65 bits per heavy atom. The molecule has 0 aromatic heterocycles. The fourth-order valence-corrected chi connectivity index (χ4v) is 2.46. The molecular formula is C15H21Cl2NO2. The largest absolute Gasteiger partial charge is 0.481 e. The van der Waals surface area contributed by atoms with E-state index in [9.17, 15) is 4.79 Å². The maximum atomic E-state index is 10.4. The molecule has 0 amide bonds. The van der Waals surface area contributed by atoms with Gasteiger partial charge in [0.2, 0.25) is 0 Å². The van der Waals surface area contributed by atoms with Gasteiger partial charge in [-0.2, -0.15) is 0 Å². The smallest absolute Gasteiger partial charge is 0.303 e. The van der Waals surface area contributed by atoms with Crippen LogP contribution >= 0.6 is 23.2 Å². The van der Waals surface area contributed by atoms with Crippen molar-refractivity contribution in [3.63, 3.8) is 0 Å². The van der Waals surface area contributed by atoms with Crippen LogP contribution in [0.5, 0.6) is 0 Å². The molecule has 0 saturated carbocycles. The molecule has 0 fully saturated rings. The summed E-state index contributed by atoms with van der Waals surface area (Å²) < 4.78 is 0. The van der Waals surface area contributed by atoms with E-state index in [2.05, 4.69) is 29.2 Å². The highest BCUT2D eigenvalue weighted by Gasteiger charge is 2.05. The first-order valence-corrected chi connectivity index (χ1v) is 7.92. The van der Waals surface area contributed by atoms with Crippen molar-refractivity contribution in [2.75, 3.05) is 29.7 Å². The Bertz CT molecular complexity index is 389. The van der Waals surface area contributed by atoms with E-state index in [1.54, 1.807) is 0 Å². The van der Waals surface area contributed by atoms with Crippen LogP contribution in [0.2, 0.25) is 0 Å². The summed E-state index contributed by atoms with van der Waals surface area (Å²) in [6.45, 7) is 1.57. The number of carboxylic acids is 1. The summed E-state index contributed by atoms with van der Waals surface area (Å²) in [6, 6.07) is 8.33. The van der Waals surface area contributed by atoms with Crippen molar-refractivity contribution in [2.24, 2.45) is 0 Å².